The second-order valence-corrected chi connectivity index (χ2v) is 5.25. The molecule has 0 unspecified atom stereocenters. The highest BCUT2D eigenvalue weighted by Gasteiger charge is 2.13. The number of aliphatic imine (C=N–C) groups is 1. The number of rotatable bonds is 4. The number of benzene rings is 1. The number of hydrogen-bond acceptors (Lipinski definition) is 4. The fraction of sp³-hybridized carbons (Fsp3) is 0. The van der Waals surface area contributed by atoms with Crippen molar-refractivity contribution >= 4 is 23.8 Å². The molecule has 3 aromatic rings. The summed E-state index contributed by atoms with van der Waals surface area (Å²) < 4.78 is 14.2. The summed E-state index contributed by atoms with van der Waals surface area (Å²) in [5.41, 5.74) is 4.08. The zero-order chi connectivity index (χ0) is 16.9. The molecule has 0 spiro atoms. The summed E-state index contributed by atoms with van der Waals surface area (Å²) in [7, 11) is 0. The molecule has 120 valence electrons. The summed E-state index contributed by atoms with van der Waals surface area (Å²) in [6.07, 6.45) is 4.27. The lowest BCUT2D eigenvalue weighted by molar-refractivity contribution is 0.240. The Morgan fingerprint density at radius 3 is 2.79 bits per heavy atom. The van der Waals surface area contributed by atoms with Crippen molar-refractivity contribution in [1.82, 2.24) is 15.4 Å². The van der Waals surface area contributed by atoms with Gasteiger partial charge in [0, 0.05) is 28.5 Å². The minimum atomic E-state index is -0.406. The number of aromatic nitrogens is 2. The van der Waals surface area contributed by atoms with Gasteiger partial charge in [-0.1, -0.05) is 17.7 Å². The van der Waals surface area contributed by atoms with Gasteiger partial charge in [0.2, 0.25) is 0 Å². The highest BCUT2D eigenvalue weighted by atomic mass is 35.5. The molecule has 0 saturated heterocycles. The number of nitrogens with zero attached hydrogens (tertiary/aromatic N) is 3. The number of pyridine rings is 2. The Kier molecular flexibility index (Phi) is 4.79. The van der Waals surface area contributed by atoms with Crippen LogP contribution in [-0.2, 0) is 0 Å². The van der Waals surface area contributed by atoms with E-state index >= 15 is 0 Å². The fourth-order valence-electron chi connectivity index (χ4n) is 2.28. The van der Waals surface area contributed by atoms with Crippen molar-refractivity contribution < 1.29 is 9.60 Å². The Hall–Kier alpha value is -2.83. The second kappa shape index (κ2) is 7.16. The first-order valence-corrected chi connectivity index (χ1v) is 7.36. The molecular weight excluding hydrogens is 331 g/mol. The summed E-state index contributed by atoms with van der Waals surface area (Å²) in [6.45, 7) is 0. The van der Waals surface area contributed by atoms with Gasteiger partial charge in [-0.05, 0) is 42.0 Å². The molecule has 24 heavy (non-hydrogen) atoms. The Morgan fingerprint density at radius 2 is 1.96 bits per heavy atom. The highest BCUT2D eigenvalue weighted by Crippen LogP contribution is 2.33. The van der Waals surface area contributed by atoms with Crippen molar-refractivity contribution in [2.24, 2.45) is 4.99 Å². The smallest absolute Gasteiger partial charge is 0.154 e. The average molecular weight is 343 g/mol. The van der Waals surface area contributed by atoms with E-state index in [2.05, 4.69) is 15.0 Å². The molecule has 0 bridgehead atoms. The quantitative estimate of drug-likeness (QED) is 0.422. The maximum Gasteiger partial charge on any atom is 0.154 e. The third-order valence-electron chi connectivity index (χ3n) is 3.30. The maximum absolute atomic E-state index is 14.2. The Balaban J connectivity index is 2.14. The summed E-state index contributed by atoms with van der Waals surface area (Å²) in [5.74, 6) is -0.0217. The van der Waals surface area contributed by atoms with E-state index in [4.69, 9.17) is 16.8 Å². The van der Waals surface area contributed by atoms with Gasteiger partial charge >= 0.3 is 0 Å². The first-order valence-electron chi connectivity index (χ1n) is 6.98. The SMILES string of the molecule is ONC=Nc1cc(-c2cccnc2-c2cc(Cl)ccc2F)ccn1. The van der Waals surface area contributed by atoms with E-state index in [1.54, 1.807) is 36.7 Å². The van der Waals surface area contributed by atoms with E-state index < -0.39 is 5.82 Å². The predicted octanol–water partition coefficient (Wildman–Crippen LogP) is 4.24. The van der Waals surface area contributed by atoms with Gasteiger partial charge in [0.25, 0.3) is 0 Å². The van der Waals surface area contributed by atoms with Crippen LogP contribution in [0.4, 0.5) is 10.2 Å². The maximum atomic E-state index is 14.2. The van der Waals surface area contributed by atoms with Crippen LogP contribution in [-0.4, -0.2) is 21.5 Å². The van der Waals surface area contributed by atoms with Crippen molar-refractivity contribution in [3.8, 4) is 22.4 Å². The van der Waals surface area contributed by atoms with E-state index in [1.807, 2.05) is 11.5 Å². The molecule has 3 rings (SSSR count). The van der Waals surface area contributed by atoms with Crippen LogP contribution in [0.15, 0.2) is 59.9 Å². The minimum Gasteiger partial charge on any atom is -0.290 e. The van der Waals surface area contributed by atoms with Crippen LogP contribution in [0.25, 0.3) is 22.4 Å². The minimum absolute atomic E-state index is 0.317. The van der Waals surface area contributed by atoms with Crippen LogP contribution < -0.4 is 5.48 Å². The van der Waals surface area contributed by atoms with Gasteiger partial charge in [0.15, 0.2) is 5.82 Å². The van der Waals surface area contributed by atoms with Crippen molar-refractivity contribution in [3.05, 3.63) is 65.7 Å². The Morgan fingerprint density at radius 1 is 1.08 bits per heavy atom. The molecule has 2 N–H and O–H groups in total. The number of nitrogens with one attached hydrogen (secondary N) is 1. The fourth-order valence-corrected chi connectivity index (χ4v) is 2.46. The first-order chi connectivity index (χ1) is 11.7. The average Bonchev–Trinajstić information content (AvgIpc) is 2.62. The van der Waals surface area contributed by atoms with Crippen molar-refractivity contribution in [2.45, 2.75) is 0 Å². The lowest BCUT2D eigenvalue weighted by Gasteiger charge is -2.10. The normalized spacial score (nSPS) is 11.0. The zero-order valence-electron chi connectivity index (χ0n) is 12.3. The second-order valence-electron chi connectivity index (χ2n) is 4.81. The summed E-state index contributed by atoms with van der Waals surface area (Å²) >= 11 is 5.99. The molecule has 2 heterocycles. The molecule has 7 heteroatoms. The largest absolute Gasteiger partial charge is 0.290 e. The van der Waals surface area contributed by atoms with Crippen LogP contribution in [0.5, 0.6) is 0 Å². The Labute approximate surface area is 142 Å². The highest BCUT2D eigenvalue weighted by molar-refractivity contribution is 6.30. The molecule has 5 nitrogen and oxygen atoms in total. The summed E-state index contributed by atoms with van der Waals surface area (Å²) in [4.78, 5) is 12.3. The molecule has 0 aliphatic heterocycles. The zero-order valence-corrected chi connectivity index (χ0v) is 13.1. The number of hydroxylamine groups is 1. The van der Waals surface area contributed by atoms with Crippen LogP contribution in [0, 0.1) is 5.82 Å². The molecule has 0 aliphatic carbocycles. The Bertz CT molecular complexity index is 901. The predicted molar refractivity (Wildman–Crippen MR) is 90.9 cm³/mol. The third kappa shape index (κ3) is 3.40. The lowest BCUT2D eigenvalue weighted by atomic mass is 10.00. The van der Waals surface area contributed by atoms with Crippen molar-refractivity contribution in [2.75, 3.05) is 0 Å². The van der Waals surface area contributed by atoms with Crippen LogP contribution in [0.3, 0.4) is 0 Å². The summed E-state index contributed by atoms with van der Waals surface area (Å²) in [5, 5.41) is 9.00. The van der Waals surface area contributed by atoms with E-state index in [0.717, 1.165) is 17.5 Å². The van der Waals surface area contributed by atoms with Gasteiger partial charge in [0.05, 0.1) is 5.69 Å². The van der Waals surface area contributed by atoms with Gasteiger partial charge in [-0.3, -0.25) is 15.7 Å². The van der Waals surface area contributed by atoms with E-state index in [9.17, 15) is 4.39 Å². The van der Waals surface area contributed by atoms with Gasteiger partial charge in [-0.15, -0.1) is 0 Å². The summed E-state index contributed by atoms with van der Waals surface area (Å²) in [6, 6.07) is 11.4. The van der Waals surface area contributed by atoms with E-state index in [1.165, 1.54) is 12.1 Å². The molecular formula is C17H12ClFN4O. The molecule has 0 radical (unpaired) electrons. The molecule has 0 saturated carbocycles. The van der Waals surface area contributed by atoms with Gasteiger partial charge < -0.3 is 0 Å². The van der Waals surface area contributed by atoms with Crippen molar-refractivity contribution in [1.29, 1.82) is 0 Å². The molecule has 1 aromatic carbocycles. The monoisotopic (exact) mass is 342 g/mol. The van der Waals surface area contributed by atoms with E-state index in [0.29, 0.717) is 22.1 Å². The van der Waals surface area contributed by atoms with Crippen molar-refractivity contribution in [3.63, 3.8) is 0 Å². The molecule has 0 aliphatic rings. The topological polar surface area (TPSA) is 70.4 Å². The molecule has 0 atom stereocenters. The standard InChI is InChI=1S/C17H12ClFN4O/c18-12-3-4-15(19)14(9-12)17-13(2-1-6-21-17)11-5-7-20-16(8-11)22-10-23-24/h1-10,24H,(H,20,22,23). The number of hydrogen-bond donors (Lipinski definition) is 2. The third-order valence-corrected chi connectivity index (χ3v) is 3.54. The van der Waals surface area contributed by atoms with Gasteiger partial charge in [0.1, 0.15) is 12.2 Å². The van der Waals surface area contributed by atoms with Gasteiger partial charge in [-0.2, -0.15) is 0 Å². The van der Waals surface area contributed by atoms with Gasteiger partial charge in [-0.25, -0.2) is 14.4 Å². The number of halogens is 2. The molecule has 2 aromatic heterocycles. The molecule has 0 amide bonds. The van der Waals surface area contributed by atoms with Crippen LogP contribution in [0.1, 0.15) is 0 Å². The van der Waals surface area contributed by atoms with Crippen LogP contribution >= 0.6 is 11.6 Å². The molecule has 0 fully saturated rings. The first kappa shape index (κ1) is 16.0. The van der Waals surface area contributed by atoms with E-state index in [-0.39, 0.29) is 0 Å². The van der Waals surface area contributed by atoms with Crippen LogP contribution in [0.2, 0.25) is 5.02 Å². The lowest BCUT2D eigenvalue weighted by Crippen LogP contribution is -2.01.